The SMILES string of the molecule is CC1(Nc2c(N)cnc3ccccc23)CCS(=O)(=O)C1. The van der Waals surface area contributed by atoms with Gasteiger partial charge in [0, 0.05) is 10.9 Å². The van der Waals surface area contributed by atoms with Crippen molar-refractivity contribution in [1.82, 2.24) is 4.98 Å². The lowest BCUT2D eigenvalue weighted by molar-refractivity contribution is 0.575. The number of hydrogen-bond donors (Lipinski definition) is 2. The minimum Gasteiger partial charge on any atom is -0.396 e. The van der Waals surface area contributed by atoms with E-state index in [0.717, 1.165) is 16.6 Å². The molecule has 1 aliphatic heterocycles. The molecule has 3 N–H and O–H groups in total. The number of fused-ring (bicyclic) bond motifs is 1. The van der Waals surface area contributed by atoms with E-state index in [1.807, 2.05) is 31.2 Å². The number of sulfone groups is 1. The van der Waals surface area contributed by atoms with E-state index in [2.05, 4.69) is 10.3 Å². The summed E-state index contributed by atoms with van der Waals surface area (Å²) in [4.78, 5) is 4.28. The van der Waals surface area contributed by atoms with Gasteiger partial charge in [0.25, 0.3) is 0 Å². The minimum atomic E-state index is -2.96. The van der Waals surface area contributed by atoms with Crippen molar-refractivity contribution in [2.45, 2.75) is 18.9 Å². The molecule has 2 heterocycles. The van der Waals surface area contributed by atoms with Gasteiger partial charge in [0.05, 0.1) is 34.6 Å². The average Bonchev–Trinajstić information content (AvgIpc) is 2.67. The molecule has 0 radical (unpaired) electrons. The smallest absolute Gasteiger partial charge is 0.152 e. The first kappa shape index (κ1) is 13.2. The van der Waals surface area contributed by atoms with Crippen molar-refractivity contribution in [3.8, 4) is 0 Å². The molecule has 5 nitrogen and oxygen atoms in total. The number of aromatic nitrogens is 1. The maximum atomic E-state index is 11.7. The van der Waals surface area contributed by atoms with E-state index in [-0.39, 0.29) is 11.5 Å². The van der Waals surface area contributed by atoms with Crippen molar-refractivity contribution < 1.29 is 8.42 Å². The van der Waals surface area contributed by atoms with E-state index in [9.17, 15) is 8.42 Å². The molecule has 106 valence electrons. The topological polar surface area (TPSA) is 85.1 Å². The predicted octanol–water partition coefficient (Wildman–Crippen LogP) is 1.81. The lowest BCUT2D eigenvalue weighted by atomic mass is 10.0. The summed E-state index contributed by atoms with van der Waals surface area (Å²) < 4.78 is 23.4. The number of nitrogens with one attached hydrogen (secondary N) is 1. The van der Waals surface area contributed by atoms with Gasteiger partial charge in [-0.25, -0.2) is 8.42 Å². The van der Waals surface area contributed by atoms with Gasteiger partial charge in [-0.2, -0.15) is 0 Å². The number of nitrogens with zero attached hydrogens (tertiary/aromatic N) is 1. The Morgan fingerprint density at radius 3 is 2.80 bits per heavy atom. The summed E-state index contributed by atoms with van der Waals surface area (Å²) >= 11 is 0. The van der Waals surface area contributed by atoms with Gasteiger partial charge in [0.1, 0.15) is 0 Å². The lowest BCUT2D eigenvalue weighted by Crippen LogP contribution is -2.36. The molecule has 2 aromatic rings. The molecule has 3 rings (SSSR count). The Bertz CT molecular complexity index is 773. The van der Waals surface area contributed by atoms with Crippen LogP contribution in [-0.4, -0.2) is 30.4 Å². The fourth-order valence-electron chi connectivity index (χ4n) is 2.71. The Morgan fingerprint density at radius 2 is 2.10 bits per heavy atom. The summed E-state index contributed by atoms with van der Waals surface area (Å²) in [5.74, 6) is 0.357. The zero-order valence-corrected chi connectivity index (χ0v) is 12.1. The first-order valence-electron chi connectivity index (χ1n) is 6.50. The van der Waals surface area contributed by atoms with Gasteiger partial charge < -0.3 is 11.1 Å². The third kappa shape index (κ3) is 2.31. The van der Waals surface area contributed by atoms with E-state index >= 15 is 0 Å². The van der Waals surface area contributed by atoms with E-state index in [4.69, 9.17) is 5.73 Å². The monoisotopic (exact) mass is 291 g/mol. The van der Waals surface area contributed by atoms with Gasteiger partial charge in [-0.3, -0.25) is 4.98 Å². The maximum absolute atomic E-state index is 11.7. The third-order valence-electron chi connectivity index (χ3n) is 3.73. The van der Waals surface area contributed by atoms with Crippen LogP contribution in [0.5, 0.6) is 0 Å². The molecule has 1 unspecified atom stereocenters. The molecular weight excluding hydrogens is 274 g/mol. The van der Waals surface area contributed by atoms with E-state index in [1.54, 1.807) is 6.20 Å². The summed E-state index contributed by atoms with van der Waals surface area (Å²) in [6.45, 7) is 1.92. The number of pyridine rings is 1. The Kier molecular flexibility index (Phi) is 2.86. The van der Waals surface area contributed by atoms with E-state index in [0.29, 0.717) is 12.1 Å². The number of anilines is 2. The van der Waals surface area contributed by atoms with Crippen molar-refractivity contribution >= 4 is 32.1 Å². The Balaban J connectivity index is 2.05. The molecule has 0 bridgehead atoms. The Hall–Kier alpha value is -1.82. The van der Waals surface area contributed by atoms with Gasteiger partial charge in [0.15, 0.2) is 9.84 Å². The summed E-state index contributed by atoms with van der Waals surface area (Å²) in [5, 5.41) is 4.25. The van der Waals surface area contributed by atoms with E-state index in [1.165, 1.54) is 0 Å². The molecule has 6 heteroatoms. The Morgan fingerprint density at radius 1 is 1.35 bits per heavy atom. The summed E-state index contributed by atoms with van der Waals surface area (Å²) in [7, 11) is -2.96. The number of hydrogen-bond acceptors (Lipinski definition) is 5. The van der Waals surface area contributed by atoms with Crippen LogP contribution in [0.15, 0.2) is 30.5 Å². The predicted molar refractivity (Wildman–Crippen MR) is 81.5 cm³/mol. The third-order valence-corrected chi connectivity index (χ3v) is 5.64. The zero-order chi connectivity index (χ0) is 14.4. The molecule has 1 aliphatic rings. The van der Waals surface area contributed by atoms with Crippen molar-refractivity contribution in [2.75, 3.05) is 22.6 Å². The van der Waals surface area contributed by atoms with Crippen molar-refractivity contribution in [3.05, 3.63) is 30.5 Å². The van der Waals surface area contributed by atoms with Crippen LogP contribution in [-0.2, 0) is 9.84 Å². The van der Waals surface area contributed by atoms with Gasteiger partial charge in [0.2, 0.25) is 0 Å². The molecule has 1 saturated heterocycles. The highest BCUT2D eigenvalue weighted by atomic mass is 32.2. The van der Waals surface area contributed by atoms with Gasteiger partial charge in [-0.15, -0.1) is 0 Å². The van der Waals surface area contributed by atoms with Crippen LogP contribution < -0.4 is 11.1 Å². The van der Waals surface area contributed by atoms with Crippen LogP contribution in [0.25, 0.3) is 10.9 Å². The normalized spacial score (nSPS) is 24.9. The van der Waals surface area contributed by atoms with Crippen LogP contribution in [0.2, 0.25) is 0 Å². The molecule has 1 fully saturated rings. The highest BCUT2D eigenvalue weighted by molar-refractivity contribution is 7.91. The molecule has 0 spiro atoms. The highest BCUT2D eigenvalue weighted by Gasteiger charge is 2.38. The fourth-order valence-corrected chi connectivity index (χ4v) is 4.80. The molecule has 1 aromatic heterocycles. The quantitative estimate of drug-likeness (QED) is 0.881. The average molecular weight is 291 g/mol. The van der Waals surface area contributed by atoms with Crippen molar-refractivity contribution in [2.24, 2.45) is 0 Å². The highest BCUT2D eigenvalue weighted by Crippen LogP contribution is 2.34. The zero-order valence-electron chi connectivity index (χ0n) is 11.3. The number of nitrogens with two attached hydrogens (primary N) is 1. The number of rotatable bonds is 2. The maximum Gasteiger partial charge on any atom is 0.152 e. The van der Waals surface area contributed by atoms with Crippen molar-refractivity contribution in [3.63, 3.8) is 0 Å². The number of para-hydroxylation sites is 1. The molecule has 20 heavy (non-hydrogen) atoms. The second-order valence-corrected chi connectivity index (χ2v) is 7.82. The molecule has 1 atom stereocenters. The van der Waals surface area contributed by atoms with Crippen LogP contribution in [0.3, 0.4) is 0 Å². The van der Waals surface area contributed by atoms with Gasteiger partial charge in [-0.05, 0) is 19.4 Å². The summed E-state index contributed by atoms with van der Waals surface area (Å²) in [5.41, 5.74) is 7.69. The standard InChI is InChI=1S/C14H17N3O2S/c1-14(6-7-20(18,19)9-14)17-13-10-4-2-3-5-12(10)16-8-11(13)15/h2-5,8H,6-7,9,15H2,1H3,(H,16,17). The largest absolute Gasteiger partial charge is 0.396 e. The summed E-state index contributed by atoms with van der Waals surface area (Å²) in [6.07, 6.45) is 2.20. The molecule has 0 aliphatic carbocycles. The van der Waals surface area contributed by atoms with Crippen molar-refractivity contribution in [1.29, 1.82) is 0 Å². The number of benzene rings is 1. The van der Waals surface area contributed by atoms with E-state index < -0.39 is 15.4 Å². The van der Waals surface area contributed by atoms with Gasteiger partial charge in [-0.1, -0.05) is 18.2 Å². The molecule has 0 saturated carbocycles. The molecule has 1 aromatic carbocycles. The molecule has 0 amide bonds. The summed E-state index contributed by atoms with van der Waals surface area (Å²) in [6, 6.07) is 7.68. The first-order valence-corrected chi connectivity index (χ1v) is 8.33. The van der Waals surface area contributed by atoms with Crippen LogP contribution >= 0.6 is 0 Å². The first-order chi connectivity index (χ1) is 9.39. The second-order valence-electron chi connectivity index (χ2n) is 5.63. The Labute approximate surface area is 118 Å². The minimum absolute atomic E-state index is 0.135. The van der Waals surface area contributed by atoms with Crippen LogP contribution in [0.1, 0.15) is 13.3 Å². The van der Waals surface area contributed by atoms with Crippen LogP contribution in [0.4, 0.5) is 11.4 Å². The van der Waals surface area contributed by atoms with Gasteiger partial charge >= 0.3 is 0 Å². The van der Waals surface area contributed by atoms with Crippen LogP contribution in [0, 0.1) is 0 Å². The fraction of sp³-hybridized carbons (Fsp3) is 0.357. The second kappa shape index (κ2) is 4.34. The molecular formula is C14H17N3O2S. The number of nitrogen functional groups attached to an aromatic ring is 1. The lowest BCUT2D eigenvalue weighted by Gasteiger charge is -2.27.